The van der Waals surface area contributed by atoms with Gasteiger partial charge in [0.2, 0.25) is 15.9 Å². The topological polar surface area (TPSA) is 75.3 Å². The Morgan fingerprint density at radius 3 is 2.57 bits per heavy atom. The molecule has 1 unspecified atom stereocenters. The van der Waals surface area contributed by atoms with Crippen molar-refractivity contribution in [3.63, 3.8) is 0 Å². The standard InChI is InChI=1S/C22H34N2O3S/c1-3-4-6-16(2)28(26,27)24-20-12-10-18(11-13-20)22(25)23-21-14-9-17-7-5-8-19(17)15-21/h9,14-16,18,20,24H,3-8,10-13H2,1-2H3,(H,23,25). The number of benzene rings is 1. The fourth-order valence-electron chi connectivity index (χ4n) is 4.36. The van der Waals surface area contributed by atoms with Crippen LogP contribution in [0.15, 0.2) is 18.2 Å². The maximum atomic E-state index is 12.6. The molecule has 1 atom stereocenters. The van der Waals surface area contributed by atoms with Crippen LogP contribution in [0, 0.1) is 5.92 Å². The lowest BCUT2D eigenvalue weighted by Gasteiger charge is -2.29. The molecule has 3 rings (SSSR count). The van der Waals surface area contributed by atoms with Crippen LogP contribution >= 0.6 is 0 Å². The van der Waals surface area contributed by atoms with Crippen molar-refractivity contribution in [2.45, 2.75) is 89.3 Å². The summed E-state index contributed by atoms with van der Waals surface area (Å²) in [6, 6.07) is 6.19. The second-order valence-electron chi connectivity index (χ2n) is 8.49. The van der Waals surface area contributed by atoms with Crippen molar-refractivity contribution in [3.05, 3.63) is 29.3 Å². The Kier molecular flexibility index (Phi) is 7.15. The Morgan fingerprint density at radius 2 is 1.86 bits per heavy atom. The number of nitrogens with one attached hydrogen (secondary N) is 2. The van der Waals surface area contributed by atoms with E-state index >= 15 is 0 Å². The summed E-state index contributed by atoms with van der Waals surface area (Å²) in [5, 5.41) is 2.71. The van der Waals surface area contributed by atoms with Crippen LogP contribution in [0.1, 0.15) is 76.3 Å². The van der Waals surface area contributed by atoms with Crippen molar-refractivity contribution in [2.75, 3.05) is 5.32 Å². The molecule has 0 aromatic heterocycles. The minimum atomic E-state index is -3.27. The van der Waals surface area contributed by atoms with Crippen molar-refractivity contribution in [1.29, 1.82) is 0 Å². The fourth-order valence-corrected chi connectivity index (χ4v) is 5.77. The van der Waals surface area contributed by atoms with E-state index < -0.39 is 10.0 Å². The Hall–Kier alpha value is -1.40. The van der Waals surface area contributed by atoms with Gasteiger partial charge in [0.05, 0.1) is 5.25 Å². The third-order valence-corrected chi connectivity index (χ3v) is 8.25. The van der Waals surface area contributed by atoms with Gasteiger partial charge in [-0.15, -0.1) is 0 Å². The summed E-state index contributed by atoms with van der Waals surface area (Å²) in [5.41, 5.74) is 3.64. The first kappa shape index (κ1) is 21.3. The number of hydrogen-bond acceptors (Lipinski definition) is 3. The van der Waals surface area contributed by atoms with E-state index in [1.54, 1.807) is 6.92 Å². The number of carbonyl (C=O) groups is 1. The van der Waals surface area contributed by atoms with Gasteiger partial charge in [-0.1, -0.05) is 25.8 Å². The van der Waals surface area contributed by atoms with E-state index in [1.165, 1.54) is 17.5 Å². The van der Waals surface area contributed by atoms with Crippen LogP contribution in [-0.2, 0) is 27.7 Å². The number of amides is 1. The molecule has 0 spiro atoms. The third-order valence-electron chi connectivity index (χ3n) is 6.29. The first-order chi connectivity index (χ1) is 13.4. The molecule has 1 fully saturated rings. The highest BCUT2D eigenvalue weighted by molar-refractivity contribution is 7.90. The number of hydrogen-bond donors (Lipinski definition) is 2. The van der Waals surface area contributed by atoms with Gasteiger partial charge in [0.1, 0.15) is 0 Å². The van der Waals surface area contributed by atoms with Gasteiger partial charge in [0.15, 0.2) is 0 Å². The number of rotatable bonds is 8. The van der Waals surface area contributed by atoms with E-state index in [2.05, 4.69) is 29.1 Å². The van der Waals surface area contributed by atoms with E-state index in [4.69, 9.17) is 0 Å². The molecule has 0 heterocycles. The Bertz CT molecular complexity index is 783. The van der Waals surface area contributed by atoms with Gasteiger partial charge >= 0.3 is 0 Å². The summed E-state index contributed by atoms with van der Waals surface area (Å²) >= 11 is 0. The predicted octanol–water partition coefficient (Wildman–Crippen LogP) is 4.17. The molecular weight excluding hydrogens is 372 g/mol. The highest BCUT2D eigenvalue weighted by Gasteiger charge is 2.30. The molecule has 1 aromatic carbocycles. The zero-order valence-electron chi connectivity index (χ0n) is 17.2. The monoisotopic (exact) mass is 406 g/mol. The summed E-state index contributed by atoms with van der Waals surface area (Å²) in [6.07, 6.45) is 8.97. The molecule has 0 saturated heterocycles. The summed E-state index contributed by atoms with van der Waals surface area (Å²) < 4.78 is 27.8. The third kappa shape index (κ3) is 5.35. The maximum Gasteiger partial charge on any atom is 0.227 e. The van der Waals surface area contributed by atoms with Gasteiger partial charge in [0, 0.05) is 17.6 Å². The van der Waals surface area contributed by atoms with Crippen LogP contribution in [0.2, 0.25) is 0 Å². The smallest absolute Gasteiger partial charge is 0.227 e. The zero-order valence-corrected chi connectivity index (χ0v) is 18.0. The number of fused-ring (bicyclic) bond motifs is 1. The van der Waals surface area contributed by atoms with E-state index in [0.29, 0.717) is 6.42 Å². The Balaban J connectivity index is 1.47. The lowest BCUT2D eigenvalue weighted by Crippen LogP contribution is -2.42. The van der Waals surface area contributed by atoms with E-state index in [1.807, 2.05) is 6.07 Å². The quantitative estimate of drug-likeness (QED) is 0.680. The normalized spacial score (nSPS) is 23.2. The van der Waals surface area contributed by atoms with Gasteiger partial charge in [-0.3, -0.25) is 4.79 Å². The molecule has 5 nitrogen and oxygen atoms in total. The van der Waals surface area contributed by atoms with Gasteiger partial charge in [0.25, 0.3) is 0 Å². The van der Waals surface area contributed by atoms with Gasteiger partial charge in [-0.25, -0.2) is 13.1 Å². The molecule has 1 amide bonds. The fraction of sp³-hybridized carbons (Fsp3) is 0.682. The number of sulfonamides is 1. The first-order valence-corrected chi connectivity index (χ1v) is 12.4. The van der Waals surface area contributed by atoms with Crippen molar-refractivity contribution in [1.82, 2.24) is 4.72 Å². The summed E-state index contributed by atoms with van der Waals surface area (Å²) in [4.78, 5) is 12.6. The predicted molar refractivity (Wildman–Crippen MR) is 114 cm³/mol. The highest BCUT2D eigenvalue weighted by Crippen LogP contribution is 2.28. The van der Waals surface area contributed by atoms with Crippen molar-refractivity contribution >= 4 is 21.6 Å². The van der Waals surface area contributed by atoms with E-state index in [-0.39, 0.29) is 23.1 Å². The average Bonchev–Trinajstić information content (AvgIpc) is 3.14. The van der Waals surface area contributed by atoms with E-state index in [0.717, 1.165) is 57.1 Å². The average molecular weight is 407 g/mol. The highest BCUT2D eigenvalue weighted by atomic mass is 32.2. The molecule has 6 heteroatoms. The molecule has 2 aliphatic carbocycles. The van der Waals surface area contributed by atoms with E-state index in [9.17, 15) is 13.2 Å². The second kappa shape index (κ2) is 9.40. The lowest BCUT2D eigenvalue weighted by atomic mass is 9.86. The molecule has 2 aliphatic rings. The van der Waals surface area contributed by atoms with Crippen LogP contribution < -0.4 is 10.0 Å². The molecule has 1 aromatic rings. The Morgan fingerprint density at radius 1 is 1.14 bits per heavy atom. The summed E-state index contributed by atoms with van der Waals surface area (Å²) in [7, 11) is -3.27. The van der Waals surface area contributed by atoms with Gasteiger partial charge in [-0.05, 0) is 81.5 Å². The van der Waals surface area contributed by atoms with Crippen molar-refractivity contribution in [2.24, 2.45) is 5.92 Å². The largest absolute Gasteiger partial charge is 0.326 e. The van der Waals surface area contributed by atoms with Gasteiger partial charge in [-0.2, -0.15) is 0 Å². The first-order valence-electron chi connectivity index (χ1n) is 10.8. The van der Waals surface area contributed by atoms with Crippen LogP contribution in [0.4, 0.5) is 5.69 Å². The molecule has 0 bridgehead atoms. The minimum Gasteiger partial charge on any atom is -0.326 e. The summed E-state index contributed by atoms with van der Waals surface area (Å²) in [6.45, 7) is 3.86. The van der Waals surface area contributed by atoms with Crippen molar-refractivity contribution in [3.8, 4) is 0 Å². The Labute approximate surface area is 169 Å². The van der Waals surface area contributed by atoms with Crippen molar-refractivity contribution < 1.29 is 13.2 Å². The van der Waals surface area contributed by atoms with Gasteiger partial charge < -0.3 is 5.32 Å². The minimum absolute atomic E-state index is 0.0356. The SMILES string of the molecule is CCCCC(C)S(=O)(=O)NC1CCC(C(=O)Nc2ccc3c(c2)CCC3)CC1. The van der Waals surface area contributed by atoms with Crippen LogP contribution in [0.5, 0.6) is 0 Å². The second-order valence-corrected chi connectivity index (χ2v) is 10.6. The molecule has 2 N–H and O–H groups in total. The maximum absolute atomic E-state index is 12.6. The molecule has 1 saturated carbocycles. The van der Waals surface area contributed by atoms with Crippen LogP contribution in [0.25, 0.3) is 0 Å². The zero-order chi connectivity index (χ0) is 20.1. The molecule has 0 aliphatic heterocycles. The number of aryl methyl sites for hydroxylation is 2. The van der Waals surface area contributed by atoms with Crippen LogP contribution in [-0.4, -0.2) is 25.6 Å². The number of carbonyl (C=O) groups excluding carboxylic acids is 1. The number of anilines is 1. The lowest BCUT2D eigenvalue weighted by molar-refractivity contribution is -0.120. The molecular formula is C22H34N2O3S. The molecule has 28 heavy (non-hydrogen) atoms. The molecule has 0 radical (unpaired) electrons. The summed E-state index contributed by atoms with van der Waals surface area (Å²) in [5.74, 6) is 0.0297. The molecule has 156 valence electrons. The van der Waals surface area contributed by atoms with Crippen LogP contribution in [0.3, 0.4) is 0 Å². The number of unbranched alkanes of at least 4 members (excludes halogenated alkanes) is 1.